The average molecular weight is 344 g/mol. The molecule has 1 aromatic heterocycles. The fourth-order valence-electron chi connectivity index (χ4n) is 2.26. The van der Waals surface area contributed by atoms with Crippen LogP contribution in [0.15, 0.2) is 47.6 Å². The second-order valence-corrected chi connectivity index (χ2v) is 5.55. The highest BCUT2D eigenvalue weighted by molar-refractivity contribution is 5.79. The van der Waals surface area contributed by atoms with E-state index in [1.807, 2.05) is 12.1 Å². The van der Waals surface area contributed by atoms with Crippen molar-refractivity contribution < 1.29 is 9.13 Å². The van der Waals surface area contributed by atoms with Gasteiger partial charge in [0.05, 0.1) is 6.61 Å². The Labute approximate surface area is 148 Å². The first kappa shape index (κ1) is 18.7. The van der Waals surface area contributed by atoms with E-state index in [1.54, 1.807) is 25.4 Å². The Balaban J connectivity index is 1.81. The SMILES string of the molecule is CCCOc1ncccc1CNC(=NC)NCCc1ccc(F)cc1. The van der Waals surface area contributed by atoms with E-state index in [2.05, 4.69) is 27.5 Å². The molecule has 1 aromatic carbocycles. The molecule has 1 heterocycles. The molecular weight excluding hydrogens is 319 g/mol. The number of nitrogens with one attached hydrogen (secondary N) is 2. The van der Waals surface area contributed by atoms with Gasteiger partial charge in [-0.15, -0.1) is 0 Å². The number of halogens is 1. The van der Waals surface area contributed by atoms with Crippen LogP contribution in [0.5, 0.6) is 5.88 Å². The van der Waals surface area contributed by atoms with Gasteiger partial charge in [-0.3, -0.25) is 4.99 Å². The number of guanidine groups is 1. The van der Waals surface area contributed by atoms with Crippen LogP contribution in [0.4, 0.5) is 4.39 Å². The Morgan fingerprint density at radius 3 is 2.72 bits per heavy atom. The Morgan fingerprint density at radius 2 is 2.00 bits per heavy atom. The summed E-state index contributed by atoms with van der Waals surface area (Å²) >= 11 is 0. The number of hydrogen-bond donors (Lipinski definition) is 2. The van der Waals surface area contributed by atoms with Crippen LogP contribution in [0.25, 0.3) is 0 Å². The van der Waals surface area contributed by atoms with Crippen molar-refractivity contribution >= 4 is 5.96 Å². The van der Waals surface area contributed by atoms with Gasteiger partial charge in [-0.05, 0) is 36.6 Å². The third-order valence-electron chi connectivity index (χ3n) is 3.58. The quantitative estimate of drug-likeness (QED) is 0.571. The molecule has 134 valence electrons. The average Bonchev–Trinajstić information content (AvgIpc) is 2.65. The zero-order chi connectivity index (χ0) is 17.9. The molecule has 5 nitrogen and oxygen atoms in total. The molecule has 0 atom stereocenters. The summed E-state index contributed by atoms with van der Waals surface area (Å²) in [6.45, 7) is 3.99. The van der Waals surface area contributed by atoms with Crippen LogP contribution in [0.1, 0.15) is 24.5 Å². The van der Waals surface area contributed by atoms with Gasteiger partial charge in [0.15, 0.2) is 5.96 Å². The lowest BCUT2D eigenvalue weighted by Gasteiger charge is -2.14. The van der Waals surface area contributed by atoms with Crippen molar-refractivity contribution in [2.45, 2.75) is 26.3 Å². The van der Waals surface area contributed by atoms with Crippen molar-refractivity contribution in [3.8, 4) is 5.88 Å². The van der Waals surface area contributed by atoms with Crippen LogP contribution in [0.3, 0.4) is 0 Å². The summed E-state index contributed by atoms with van der Waals surface area (Å²) in [4.78, 5) is 8.49. The molecular formula is C19H25FN4O. The van der Waals surface area contributed by atoms with Crippen molar-refractivity contribution in [1.82, 2.24) is 15.6 Å². The van der Waals surface area contributed by atoms with Gasteiger partial charge in [0.1, 0.15) is 5.82 Å². The van der Waals surface area contributed by atoms with Crippen molar-refractivity contribution in [2.75, 3.05) is 20.2 Å². The zero-order valence-corrected chi connectivity index (χ0v) is 14.8. The molecule has 6 heteroatoms. The maximum Gasteiger partial charge on any atom is 0.218 e. The first-order valence-electron chi connectivity index (χ1n) is 8.48. The number of ether oxygens (including phenoxy) is 1. The van der Waals surface area contributed by atoms with E-state index in [9.17, 15) is 4.39 Å². The number of pyridine rings is 1. The Kier molecular flexibility index (Phi) is 7.69. The molecule has 0 aliphatic heterocycles. The molecule has 2 N–H and O–H groups in total. The van der Waals surface area contributed by atoms with Crippen molar-refractivity contribution in [1.29, 1.82) is 0 Å². The van der Waals surface area contributed by atoms with Gasteiger partial charge < -0.3 is 15.4 Å². The predicted molar refractivity (Wildman–Crippen MR) is 98.3 cm³/mol. The first-order valence-corrected chi connectivity index (χ1v) is 8.48. The topological polar surface area (TPSA) is 58.5 Å². The highest BCUT2D eigenvalue weighted by atomic mass is 19.1. The van der Waals surface area contributed by atoms with Crippen molar-refractivity contribution in [2.24, 2.45) is 4.99 Å². The van der Waals surface area contributed by atoms with Gasteiger partial charge in [0.25, 0.3) is 0 Å². The molecule has 0 radical (unpaired) electrons. The van der Waals surface area contributed by atoms with Crippen LogP contribution in [-0.2, 0) is 13.0 Å². The molecule has 0 saturated heterocycles. The molecule has 0 amide bonds. The third-order valence-corrected chi connectivity index (χ3v) is 3.58. The summed E-state index contributed by atoms with van der Waals surface area (Å²) in [5.41, 5.74) is 2.06. The maximum atomic E-state index is 12.9. The Hall–Kier alpha value is -2.63. The smallest absolute Gasteiger partial charge is 0.218 e. The van der Waals surface area contributed by atoms with Gasteiger partial charge in [0.2, 0.25) is 5.88 Å². The van der Waals surface area contributed by atoms with Crippen LogP contribution >= 0.6 is 0 Å². The van der Waals surface area contributed by atoms with E-state index in [0.29, 0.717) is 31.5 Å². The van der Waals surface area contributed by atoms with E-state index in [1.165, 1.54) is 12.1 Å². The third kappa shape index (κ3) is 6.41. The normalized spacial score (nSPS) is 11.2. The van der Waals surface area contributed by atoms with Gasteiger partial charge in [-0.25, -0.2) is 9.37 Å². The van der Waals surface area contributed by atoms with Crippen molar-refractivity contribution in [3.05, 3.63) is 59.5 Å². The molecule has 0 bridgehead atoms. The molecule has 0 unspecified atom stereocenters. The lowest BCUT2D eigenvalue weighted by Crippen LogP contribution is -2.38. The summed E-state index contributed by atoms with van der Waals surface area (Å²) in [7, 11) is 1.73. The van der Waals surface area contributed by atoms with Crippen LogP contribution < -0.4 is 15.4 Å². The molecule has 2 rings (SSSR count). The van der Waals surface area contributed by atoms with Crippen molar-refractivity contribution in [3.63, 3.8) is 0 Å². The van der Waals surface area contributed by atoms with Gasteiger partial charge in [-0.2, -0.15) is 0 Å². The minimum atomic E-state index is -0.216. The first-order chi connectivity index (χ1) is 12.2. The highest BCUT2D eigenvalue weighted by Gasteiger charge is 2.05. The number of aromatic nitrogens is 1. The molecule has 0 aliphatic carbocycles. The van der Waals surface area contributed by atoms with Gasteiger partial charge >= 0.3 is 0 Å². The van der Waals surface area contributed by atoms with E-state index >= 15 is 0 Å². The Bertz CT molecular complexity index is 673. The molecule has 0 aliphatic rings. The maximum absolute atomic E-state index is 12.9. The second-order valence-electron chi connectivity index (χ2n) is 5.55. The predicted octanol–water partition coefficient (Wildman–Crippen LogP) is 2.92. The van der Waals surface area contributed by atoms with E-state index < -0.39 is 0 Å². The largest absolute Gasteiger partial charge is 0.477 e. The number of rotatable bonds is 8. The lowest BCUT2D eigenvalue weighted by atomic mass is 10.1. The molecule has 25 heavy (non-hydrogen) atoms. The highest BCUT2D eigenvalue weighted by Crippen LogP contribution is 2.14. The summed E-state index contributed by atoms with van der Waals surface area (Å²) in [5.74, 6) is 1.14. The number of hydrogen-bond acceptors (Lipinski definition) is 3. The van der Waals surface area contributed by atoms with E-state index in [4.69, 9.17) is 4.74 Å². The second kappa shape index (κ2) is 10.3. The summed E-state index contributed by atoms with van der Waals surface area (Å²) in [5, 5.41) is 6.51. The monoisotopic (exact) mass is 344 g/mol. The van der Waals surface area contributed by atoms with E-state index in [-0.39, 0.29) is 5.82 Å². The summed E-state index contributed by atoms with van der Waals surface area (Å²) < 4.78 is 18.6. The molecule has 0 spiro atoms. The van der Waals surface area contributed by atoms with Gasteiger partial charge in [-0.1, -0.05) is 25.1 Å². The molecule has 0 saturated carbocycles. The molecule has 0 fully saturated rings. The van der Waals surface area contributed by atoms with Gasteiger partial charge in [0, 0.05) is 31.9 Å². The number of aliphatic imine (C=N–C) groups is 1. The minimum absolute atomic E-state index is 0.216. The fourth-order valence-corrected chi connectivity index (χ4v) is 2.26. The van der Waals surface area contributed by atoms with E-state index in [0.717, 1.165) is 24.0 Å². The van der Waals surface area contributed by atoms with Crippen LogP contribution in [0.2, 0.25) is 0 Å². The Morgan fingerprint density at radius 1 is 1.20 bits per heavy atom. The van der Waals surface area contributed by atoms with Crippen LogP contribution in [-0.4, -0.2) is 31.1 Å². The summed E-state index contributed by atoms with van der Waals surface area (Å²) in [6, 6.07) is 10.4. The number of nitrogens with zero attached hydrogens (tertiary/aromatic N) is 2. The lowest BCUT2D eigenvalue weighted by molar-refractivity contribution is 0.301. The number of benzene rings is 1. The zero-order valence-electron chi connectivity index (χ0n) is 14.8. The summed E-state index contributed by atoms with van der Waals surface area (Å²) in [6.07, 6.45) is 3.46. The molecule has 2 aromatic rings. The fraction of sp³-hybridized carbons (Fsp3) is 0.368. The minimum Gasteiger partial charge on any atom is -0.477 e. The van der Waals surface area contributed by atoms with Crippen LogP contribution in [0, 0.1) is 5.82 Å². The standard InChI is InChI=1S/C19H25FN4O/c1-3-13-25-18-16(5-4-11-22-18)14-24-19(21-2)23-12-10-15-6-8-17(20)9-7-15/h4-9,11H,3,10,12-14H2,1-2H3,(H2,21,23,24).